The summed E-state index contributed by atoms with van der Waals surface area (Å²) in [6.07, 6.45) is 1.82. The predicted octanol–water partition coefficient (Wildman–Crippen LogP) is 0.199. The highest BCUT2D eigenvalue weighted by Gasteiger charge is 2.23. The molecule has 0 aromatic heterocycles. The molecule has 1 aromatic rings. The van der Waals surface area contributed by atoms with Gasteiger partial charge in [-0.3, -0.25) is 0 Å². The first-order valence-electron chi connectivity index (χ1n) is 5.22. The summed E-state index contributed by atoms with van der Waals surface area (Å²) in [4.78, 5) is 12.6. The summed E-state index contributed by atoms with van der Waals surface area (Å²) in [6.45, 7) is 0.954. The van der Waals surface area contributed by atoms with E-state index in [0.29, 0.717) is 7.41 Å². The van der Waals surface area contributed by atoms with Gasteiger partial charge in [0.15, 0.2) is 0 Å². The van der Waals surface area contributed by atoms with Crippen LogP contribution in [0.15, 0.2) is 24.3 Å². The molecular weight excluding hydrogens is 189 g/mol. The van der Waals surface area contributed by atoms with Gasteiger partial charge in [0.05, 0.1) is 0 Å². The minimum Gasteiger partial charge on any atom is -0.411 e. The van der Waals surface area contributed by atoms with Crippen LogP contribution >= 0.6 is 0 Å². The molecule has 0 unspecified atom stereocenters. The largest absolute Gasteiger partial charge is 0.411 e. The molecule has 1 aliphatic heterocycles. The molecule has 0 saturated heterocycles. The maximum absolute atomic E-state index is 10.6. The van der Waals surface area contributed by atoms with Crippen molar-refractivity contribution in [1.82, 2.24) is 0 Å². The Balaban J connectivity index is 2.29. The smallest absolute Gasteiger partial charge is 0.310 e. The summed E-state index contributed by atoms with van der Waals surface area (Å²) in [5.41, 5.74) is 2.36. The molecule has 0 bridgehead atoms. The van der Waals surface area contributed by atoms with Crippen LogP contribution < -0.4 is 4.81 Å². The van der Waals surface area contributed by atoms with Gasteiger partial charge in [-0.15, -0.1) is 0 Å². The van der Waals surface area contributed by atoms with Crippen molar-refractivity contribution < 1.29 is 9.90 Å². The maximum Gasteiger partial charge on any atom is 0.310 e. The van der Waals surface area contributed by atoms with Crippen molar-refractivity contribution in [2.45, 2.75) is 6.42 Å². The van der Waals surface area contributed by atoms with Crippen molar-refractivity contribution in [2.75, 3.05) is 18.0 Å². The molecule has 1 atom stereocenters. The Hall–Kier alpha value is -1.29. The van der Waals surface area contributed by atoms with Gasteiger partial charge in [-0.2, -0.15) is 0 Å². The summed E-state index contributed by atoms with van der Waals surface area (Å²) in [5.74, 6) is 0.250. The monoisotopic (exact) mass is 203 g/mol. The Kier molecular flexibility index (Phi) is 3.06. The van der Waals surface area contributed by atoms with E-state index >= 15 is 0 Å². The molecule has 3 nitrogen and oxygen atoms in total. The second-order valence-electron chi connectivity index (χ2n) is 3.95. The Labute approximate surface area is 90.0 Å². The van der Waals surface area contributed by atoms with Gasteiger partial charge in [0.25, 0.3) is 0 Å². The van der Waals surface area contributed by atoms with Crippen molar-refractivity contribution >= 4 is 19.3 Å². The Morgan fingerprint density at radius 2 is 2.33 bits per heavy atom. The molecule has 0 fully saturated rings. The van der Waals surface area contributed by atoms with E-state index in [1.165, 1.54) is 5.56 Å². The minimum absolute atomic E-state index is 0.184. The van der Waals surface area contributed by atoms with Gasteiger partial charge in [-0.05, 0) is 18.1 Å². The summed E-state index contributed by atoms with van der Waals surface area (Å²) < 4.78 is 0. The third-order valence-corrected chi connectivity index (χ3v) is 2.87. The number of carbonyl (C=O) groups is 1. The van der Waals surface area contributed by atoms with Gasteiger partial charge in [0.2, 0.25) is 0 Å². The number of nitrogens with zero attached hydrogens (tertiary/aromatic N) is 1. The topological polar surface area (TPSA) is 40.5 Å². The molecule has 1 aliphatic rings. The van der Waals surface area contributed by atoms with Crippen LogP contribution in [0.5, 0.6) is 0 Å². The zero-order valence-corrected chi connectivity index (χ0v) is 8.60. The van der Waals surface area contributed by atoms with Crippen LogP contribution in [0.1, 0.15) is 5.56 Å². The summed E-state index contributed by atoms with van der Waals surface area (Å²) >= 11 is 0. The van der Waals surface area contributed by atoms with Gasteiger partial charge in [0.1, 0.15) is 6.19 Å². The van der Waals surface area contributed by atoms with E-state index in [9.17, 15) is 9.90 Å². The molecule has 4 heteroatoms. The lowest BCUT2D eigenvalue weighted by molar-refractivity contribution is 0.227. The molecule has 0 amide bonds. The SMILES string of the molecule is O=CBN1C[C@H](CO)Cc2ccccc21. The van der Waals surface area contributed by atoms with Crippen LogP contribution in [0.2, 0.25) is 0 Å². The summed E-state index contributed by atoms with van der Waals surface area (Å²) in [5, 5.41) is 9.19. The lowest BCUT2D eigenvalue weighted by Crippen LogP contribution is -2.40. The van der Waals surface area contributed by atoms with E-state index in [1.807, 2.05) is 23.0 Å². The van der Waals surface area contributed by atoms with Crippen LogP contribution in [0.25, 0.3) is 0 Å². The van der Waals surface area contributed by atoms with Gasteiger partial charge in [-0.1, -0.05) is 18.2 Å². The fourth-order valence-electron chi connectivity index (χ4n) is 2.16. The fourth-order valence-corrected chi connectivity index (χ4v) is 2.16. The molecule has 0 saturated carbocycles. The van der Waals surface area contributed by atoms with E-state index in [2.05, 4.69) is 6.07 Å². The van der Waals surface area contributed by atoms with Crippen LogP contribution in [-0.2, 0) is 11.2 Å². The minimum atomic E-state index is 0.184. The van der Waals surface area contributed by atoms with Crippen molar-refractivity contribution in [3.8, 4) is 0 Å². The zero-order valence-electron chi connectivity index (χ0n) is 8.60. The first kappa shape index (κ1) is 10.2. The third-order valence-electron chi connectivity index (χ3n) is 2.87. The highest BCUT2D eigenvalue weighted by atomic mass is 16.3. The van der Waals surface area contributed by atoms with Crippen molar-refractivity contribution in [3.63, 3.8) is 0 Å². The Morgan fingerprint density at radius 1 is 1.53 bits per heavy atom. The highest BCUT2D eigenvalue weighted by molar-refractivity contribution is 6.70. The van der Waals surface area contributed by atoms with Gasteiger partial charge < -0.3 is 14.7 Å². The third kappa shape index (κ3) is 2.05. The normalized spacial score (nSPS) is 19.5. The number of hydrogen-bond donors (Lipinski definition) is 1. The van der Waals surface area contributed by atoms with Crippen molar-refractivity contribution in [3.05, 3.63) is 29.8 Å². The summed E-state index contributed by atoms with van der Waals surface area (Å²) in [6, 6.07) is 8.08. The van der Waals surface area contributed by atoms with Crippen LogP contribution in [0, 0.1) is 5.92 Å². The van der Waals surface area contributed by atoms with E-state index in [4.69, 9.17) is 0 Å². The molecule has 1 N–H and O–H groups in total. The van der Waals surface area contributed by atoms with Gasteiger partial charge in [-0.25, -0.2) is 0 Å². The van der Waals surface area contributed by atoms with E-state index in [1.54, 1.807) is 0 Å². The quantitative estimate of drug-likeness (QED) is 0.563. The average molecular weight is 203 g/mol. The van der Waals surface area contributed by atoms with E-state index in [0.717, 1.165) is 24.8 Å². The Morgan fingerprint density at radius 3 is 3.07 bits per heavy atom. The number of aliphatic hydroxyl groups is 1. The maximum atomic E-state index is 10.6. The first-order chi connectivity index (χ1) is 7.35. The lowest BCUT2D eigenvalue weighted by Gasteiger charge is -2.34. The van der Waals surface area contributed by atoms with Crippen LogP contribution in [0.3, 0.4) is 0 Å². The average Bonchev–Trinajstić information content (AvgIpc) is 2.29. The number of anilines is 1. The molecule has 0 aliphatic carbocycles. The predicted molar refractivity (Wildman–Crippen MR) is 62.0 cm³/mol. The second-order valence-corrected chi connectivity index (χ2v) is 3.95. The molecule has 2 rings (SSSR count). The molecule has 15 heavy (non-hydrogen) atoms. The lowest BCUT2D eigenvalue weighted by atomic mass is 9.84. The Bertz CT molecular complexity index is 356. The number of rotatable bonds is 3. The first-order valence-corrected chi connectivity index (χ1v) is 5.22. The highest BCUT2D eigenvalue weighted by Crippen LogP contribution is 2.28. The second kappa shape index (κ2) is 4.49. The van der Waals surface area contributed by atoms with E-state index < -0.39 is 0 Å². The van der Waals surface area contributed by atoms with Gasteiger partial charge >= 0.3 is 7.41 Å². The molecule has 0 spiro atoms. The number of fused-ring (bicyclic) bond motifs is 1. The number of hydrogen-bond acceptors (Lipinski definition) is 3. The fraction of sp³-hybridized carbons (Fsp3) is 0.364. The van der Waals surface area contributed by atoms with E-state index in [-0.39, 0.29) is 12.5 Å². The van der Waals surface area contributed by atoms with Crippen LogP contribution in [0.4, 0.5) is 5.69 Å². The molecule has 1 aromatic carbocycles. The number of aliphatic hydroxyl groups excluding tert-OH is 1. The summed E-state index contributed by atoms with van der Waals surface area (Å²) in [7, 11) is 0.410. The van der Waals surface area contributed by atoms with Crippen molar-refractivity contribution in [2.24, 2.45) is 5.92 Å². The van der Waals surface area contributed by atoms with Crippen LogP contribution in [-0.4, -0.2) is 31.9 Å². The van der Waals surface area contributed by atoms with Crippen molar-refractivity contribution in [1.29, 1.82) is 0 Å². The number of para-hydroxylation sites is 1. The number of carbonyl (C=O) groups excluding carboxylic acids is 1. The molecular formula is C11H14BNO2. The molecule has 1 heterocycles. The molecule has 0 radical (unpaired) electrons. The zero-order chi connectivity index (χ0) is 10.7. The molecule has 78 valence electrons. The number of benzene rings is 1. The standard InChI is InChI=1S/C11H14BNO2/c14-7-9-5-10-3-1-2-4-11(10)13(6-9)12-8-15/h1-4,8-9,12,14H,5-7H2/t9-/m1/s1. The van der Waals surface area contributed by atoms with Gasteiger partial charge in [0, 0.05) is 24.8 Å².